The number of amides is 1. The molecule has 110 valence electrons. The molecule has 1 aromatic carbocycles. The smallest absolute Gasteiger partial charge is 0.410 e. The highest BCUT2D eigenvalue weighted by molar-refractivity contribution is 5.69. The molecule has 4 heteroatoms. The molecule has 2 unspecified atom stereocenters. The number of rotatable bonds is 4. The van der Waals surface area contributed by atoms with Gasteiger partial charge in [-0.05, 0) is 24.0 Å². The first-order valence-electron chi connectivity index (χ1n) is 7.26. The van der Waals surface area contributed by atoms with Gasteiger partial charge in [0.15, 0.2) is 0 Å². The molecule has 0 saturated carbocycles. The number of hydrogen-bond donors (Lipinski definition) is 1. The molecule has 0 saturated heterocycles. The summed E-state index contributed by atoms with van der Waals surface area (Å²) in [6.07, 6.45) is 2.41. The Morgan fingerprint density at radius 1 is 1.50 bits per heavy atom. The Hall–Kier alpha value is -1.55. The van der Waals surface area contributed by atoms with E-state index < -0.39 is 0 Å². The van der Waals surface area contributed by atoms with Crippen molar-refractivity contribution in [3.05, 3.63) is 35.4 Å². The summed E-state index contributed by atoms with van der Waals surface area (Å²) in [5.41, 5.74) is 2.42. The number of benzene rings is 1. The quantitative estimate of drug-likeness (QED) is 0.920. The number of hydrogen-bond acceptors (Lipinski definition) is 3. The number of carbonyl (C=O) groups is 1. The first-order valence-corrected chi connectivity index (χ1v) is 7.26. The lowest BCUT2D eigenvalue weighted by Gasteiger charge is -2.40. The predicted octanol–water partition coefficient (Wildman–Crippen LogP) is 2.76. The third-order valence-electron chi connectivity index (χ3n) is 4.08. The van der Waals surface area contributed by atoms with Crippen LogP contribution in [0, 0.1) is 5.92 Å². The van der Waals surface area contributed by atoms with Gasteiger partial charge in [-0.3, -0.25) is 0 Å². The fraction of sp³-hybridized carbons (Fsp3) is 0.562. The van der Waals surface area contributed by atoms with Crippen molar-refractivity contribution in [1.82, 2.24) is 4.90 Å². The van der Waals surface area contributed by atoms with Crippen molar-refractivity contribution < 1.29 is 14.6 Å². The van der Waals surface area contributed by atoms with Gasteiger partial charge in [-0.1, -0.05) is 37.6 Å². The summed E-state index contributed by atoms with van der Waals surface area (Å²) in [6.45, 7) is 2.83. The van der Waals surface area contributed by atoms with Crippen LogP contribution in [0.25, 0.3) is 0 Å². The third-order valence-corrected chi connectivity index (χ3v) is 4.08. The maximum atomic E-state index is 12.0. The van der Waals surface area contributed by atoms with Gasteiger partial charge in [0, 0.05) is 19.1 Å². The van der Waals surface area contributed by atoms with E-state index in [4.69, 9.17) is 4.74 Å². The fourth-order valence-electron chi connectivity index (χ4n) is 3.15. The number of methoxy groups -OCH3 is 1. The highest BCUT2D eigenvalue weighted by atomic mass is 16.5. The summed E-state index contributed by atoms with van der Waals surface area (Å²) in [4.78, 5) is 13.8. The number of fused-ring (bicyclic) bond motifs is 1. The molecule has 0 spiro atoms. The molecule has 20 heavy (non-hydrogen) atoms. The Kier molecular flexibility index (Phi) is 5.01. The van der Waals surface area contributed by atoms with Gasteiger partial charge in [-0.2, -0.15) is 0 Å². The lowest BCUT2D eigenvalue weighted by atomic mass is 9.83. The second kappa shape index (κ2) is 6.75. The van der Waals surface area contributed by atoms with Gasteiger partial charge < -0.3 is 14.7 Å². The first kappa shape index (κ1) is 14.9. The average Bonchev–Trinajstić information content (AvgIpc) is 2.51. The standard InChI is InChI=1S/C16H23NO3/c1-3-6-13(11-18)15-14-8-5-4-7-12(14)9-10-17(15)16(19)20-2/h4-5,7-8,13,15,18H,3,6,9-11H2,1-2H3. The van der Waals surface area contributed by atoms with Crippen molar-refractivity contribution >= 4 is 6.09 Å². The minimum Gasteiger partial charge on any atom is -0.453 e. The Balaban J connectivity index is 2.39. The minimum absolute atomic E-state index is 0.0561. The van der Waals surface area contributed by atoms with Gasteiger partial charge in [0.2, 0.25) is 0 Å². The summed E-state index contributed by atoms with van der Waals surface area (Å²) < 4.78 is 4.91. The van der Waals surface area contributed by atoms with E-state index >= 15 is 0 Å². The van der Waals surface area contributed by atoms with Crippen molar-refractivity contribution in [2.24, 2.45) is 5.92 Å². The zero-order chi connectivity index (χ0) is 14.5. The molecule has 0 aromatic heterocycles. The van der Waals surface area contributed by atoms with Crippen LogP contribution in [0.3, 0.4) is 0 Å². The molecule has 0 fully saturated rings. The molecule has 1 aromatic rings. The van der Waals surface area contributed by atoms with Crippen molar-refractivity contribution in [1.29, 1.82) is 0 Å². The van der Waals surface area contributed by atoms with Gasteiger partial charge in [0.05, 0.1) is 13.2 Å². The molecule has 0 aliphatic carbocycles. The summed E-state index contributed by atoms with van der Waals surface area (Å²) >= 11 is 0. The average molecular weight is 277 g/mol. The highest BCUT2D eigenvalue weighted by Crippen LogP contribution is 2.37. The van der Waals surface area contributed by atoms with E-state index in [0.29, 0.717) is 6.54 Å². The van der Waals surface area contributed by atoms with E-state index in [1.165, 1.54) is 12.7 Å². The summed E-state index contributed by atoms with van der Waals surface area (Å²) in [7, 11) is 1.41. The number of aliphatic hydroxyl groups is 1. The number of carbonyl (C=O) groups excluding carboxylic acids is 1. The van der Waals surface area contributed by atoms with Crippen molar-refractivity contribution in [2.75, 3.05) is 20.3 Å². The van der Waals surface area contributed by atoms with Gasteiger partial charge in [0.25, 0.3) is 0 Å². The van der Waals surface area contributed by atoms with Gasteiger partial charge >= 0.3 is 6.09 Å². The molecule has 1 N–H and O–H groups in total. The molecule has 2 rings (SSSR count). The summed E-state index contributed by atoms with van der Waals surface area (Å²) in [5, 5.41) is 9.73. The Bertz CT molecular complexity index is 461. The molecule has 0 radical (unpaired) electrons. The predicted molar refractivity (Wildman–Crippen MR) is 77.5 cm³/mol. The Labute approximate surface area is 120 Å². The molecular weight excluding hydrogens is 254 g/mol. The molecule has 1 amide bonds. The Morgan fingerprint density at radius 2 is 2.25 bits per heavy atom. The zero-order valence-electron chi connectivity index (χ0n) is 12.2. The van der Waals surface area contributed by atoms with E-state index in [-0.39, 0.29) is 24.7 Å². The second-order valence-electron chi connectivity index (χ2n) is 5.29. The van der Waals surface area contributed by atoms with E-state index in [0.717, 1.165) is 24.8 Å². The maximum absolute atomic E-state index is 12.0. The van der Waals surface area contributed by atoms with E-state index in [2.05, 4.69) is 19.1 Å². The van der Waals surface area contributed by atoms with Crippen LogP contribution in [0.4, 0.5) is 4.79 Å². The SMILES string of the molecule is CCCC(CO)C1c2ccccc2CCN1C(=O)OC. The fourth-order valence-corrected chi connectivity index (χ4v) is 3.15. The van der Waals surface area contributed by atoms with Crippen LogP contribution >= 0.6 is 0 Å². The van der Waals surface area contributed by atoms with Crippen LogP contribution < -0.4 is 0 Å². The lowest BCUT2D eigenvalue weighted by molar-refractivity contribution is 0.0629. The highest BCUT2D eigenvalue weighted by Gasteiger charge is 2.36. The minimum atomic E-state index is -0.306. The maximum Gasteiger partial charge on any atom is 0.410 e. The normalized spacial score (nSPS) is 19.4. The van der Waals surface area contributed by atoms with Gasteiger partial charge in [0.1, 0.15) is 0 Å². The summed E-state index contributed by atoms with van der Waals surface area (Å²) in [5.74, 6) is 0.0561. The van der Waals surface area contributed by atoms with Gasteiger partial charge in [-0.25, -0.2) is 4.79 Å². The van der Waals surface area contributed by atoms with Crippen LogP contribution in [0.15, 0.2) is 24.3 Å². The molecule has 4 nitrogen and oxygen atoms in total. The topological polar surface area (TPSA) is 49.8 Å². The van der Waals surface area contributed by atoms with E-state index in [1.807, 2.05) is 12.1 Å². The van der Waals surface area contributed by atoms with Gasteiger partial charge in [-0.15, -0.1) is 0 Å². The number of nitrogens with zero attached hydrogens (tertiary/aromatic N) is 1. The van der Waals surface area contributed by atoms with Crippen LogP contribution in [0.2, 0.25) is 0 Å². The zero-order valence-corrected chi connectivity index (χ0v) is 12.2. The van der Waals surface area contributed by atoms with Crippen LogP contribution in [0.1, 0.15) is 36.9 Å². The van der Waals surface area contributed by atoms with Crippen molar-refractivity contribution in [2.45, 2.75) is 32.2 Å². The van der Waals surface area contributed by atoms with Crippen molar-refractivity contribution in [3.8, 4) is 0 Å². The molecular formula is C16H23NO3. The van der Waals surface area contributed by atoms with Crippen molar-refractivity contribution in [3.63, 3.8) is 0 Å². The van der Waals surface area contributed by atoms with Crippen LogP contribution in [-0.4, -0.2) is 36.4 Å². The second-order valence-corrected chi connectivity index (χ2v) is 5.29. The number of ether oxygens (including phenoxy) is 1. The van der Waals surface area contributed by atoms with E-state index in [9.17, 15) is 9.90 Å². The molecule has 2 atom stereocenters. The van der Waals surface area contributed by atoms with E-state index in [1.54, 1.807) is 4.90 Å². The molecule has 1 aliphatic rings. The monoisotopic (exact) mass is 277 g/mol. The summed E-state index contributed by atoms with van der Waals surface area (Å²) in [6, 6.07) is 8.10. The number of aliphatic hydroxyl groups excluding tert-OH is 1. The Morgan fingerprint density at radius 3 is 2.90 bits per heavy atom. The first-order chi connectivity index (χ1) is 9.72. The lowest BCUT2D eigenvalue weighted by Crippen LogP contribution is -2.44. The molecule has 0 bridgehead atoms. The van der Waals surface area contributed by atoms with Crippen LogP contribution in [-0.2, 0) is 11.2 Å². The largest absolute Gasteiger partial charge is 0.453 e. The molecule has 1 aliphatic heterocycles. The molecule has 1 heterocycles. The van der Waals surface area contributed by atoms with Crippen LogP contribution in [0.5, 0.6) is 0 Å². The third kappa shape index (κ3) is 2.80.